The number of hydrogen-bond acceptors (Lipinski definition) is 9. The minimum absolute atomic E-state index is 0.0161. The SMILES string of the molecule is CCc1nc(-c2nnn(C)c2COc2cc(-n3cccn3)ncn2)ccc1C1CCOC(CC(=O)O)C1. The fourth-order valence-corrected chi connectivity index (χ4v) is 4.62. The number of carboxylic acid groups (broad SMARTS) is 1. The predicted octanol–water partition coefficient (Wildman–Crippen LogP) is 2.73. The van der Waals surface area contributed by atoms with E-state index in [4.69, 9.17) is 19.6 Å². The molecule has 5 heterocycles. The molecule has 12 nitrogen and oxygen atoms in total. The van der Waals surface area contributed by atoms with Crippen molar-refractivity contribution in [1.82, 2.24) is 39.7 Å². The number of carboxylic acids is 1. The highest BCUT2D eigenvalue weighted by atomic mass is 16.5. The Morgan fingerprint density at radius 2 is 2.19 bits per heavy atom. The molecule has 37 heavy (non-hydrogen) atoms. The maximum atomic E-state index is 11.2. The molecule has 192 valence electrons. The summed E-state index contributed by atoms with van der Waals surface area (Å²) >= 11 is 0. The van der Waals surface area contributed by atoms with Crippen LogP contribution in [0.15, 0.2) is 43.0 Å². The number of ether oxygens (including phenoxy) is 2. The number of carbonyl (C=O) groups is 1. The first-order valence-electron chi connectivity index (χ1n) is 12.2. The molecule has 4 aromatic rings. The third-order valence-corrected chi connectivity index (χ3v) is 6.46. The van der Waals surface area contributed by atoms with Crippen LogP contribution in [-0.2, 0) is 29.6 Å². The molecule has 1 aliphatic rings. The molecule has 0 radical (unpaired) electrons. The molecule has 1 fully saturated rings. The molecule has 0 saturated carbocycles. The van der Waals surface area contributed by atoms with E-state index in [1.54, 1.807) is 27.8 Å². The van der Waals surface area contributed by atoms with Gasteiger partial charge < -0.3 is 14.6 Å². The van der Waals surface area contributed by atoms with Crippen LogP contribution in [0.5, 0.6) is 5.88 Å². The van der Waals surface area contributed by atoms with E-state index in [2.05, 4.69) is 38.4 Å². The third-order valence-electron chi connectivity index (χ3n) is 6.46. The van der Waals surface area contributed by atoms with Gasteiger partial charge in [-0.25, -0.2) is 19.3 Å². The van der Waals surface area contributed by atoms with Gasteiger partial charge in [-0.3, -0.25) is 9.78 Å². The van der Waals surface area contributed by atoms with Crippen LogP contribution in [-0.4, -0.2) is 63.5 Å². The maximum Gasteiger partial charge on any atom is 0.305 e. The van der Waals surface area contributed by atoms with E-state index in [-0.39, 0.29) is 25.0 Å². The van der Waals surface area contributed by atoms with Crippen molar-refractivity contribution in [2.75, 3.05) is 6.61 Å². The number of nitrogens with zero attached hydrogens (tertiary/aromatic N) is 8. The van der Waals surface area contributed by atoms with Gasteiger partial charge in [0.1, 0.15) is 24.3 Å². The van der Waals surface area contributed by atoms with Crippen LogP contribution in [0.3, 0.4) is 0 Å². The lowest BCUT2D eigenvalue weighted by Crippen LogP contribution is -2.27. The highest BCUT2D eigenvalue weighted by Crippen LogP contribution is 2.34. The first-order valence-corrected chi connectivity index (χ1v) is 12.2. The molecular formula is C25H28N8O4. The molecule has 0 spiro atoms. The number of aryl methyl sites for hydroxylation is 2. The zero-order valence-electron chi connectivity index (χ0n) is 20.7. The molecule has 1 saturated heterocycles. The van der Waals surface area contributed by atoms with Crippen molar-refractivity contribution in [2.24, 2.45) is 7.05 Å². The average molecular weight is 505 g/mol. The molecule has 2 unspecified atom stereocenters. The molecule has 2 atom stereocenters. The number of rotatable bonds is 9. The van der Waals surface area contributed by atoms with Gasteiger partial charge in [0.25, 0.3) is 0 Å². The smallest absolute Gasteiger partial charge is 0.305 e. The Bertz CT molecular complexity index is 1370. The van der Waals surface area contributed by atoms with E-state index in [0.717, 1.165) is 29.8 Å². The van der Waals surface area contributed by atoms with Gasteiger partial charge in [0, 0.05) is 37.8 Å². The fourth-order valence-electron chi connectivity index (χ4n) is 4.62. The quantitative estimate of drug-likeness (QED) is 0.361. The second-order valence-corrected chi connectivity index (χ2v) is 8.86. The van der Waals surface area contributed by atoms with E-state index in [1.807, 2.05) is 19.2 Å². The van der Waals surface area contributed by atoms with Crippen molar-refractivity contribution >= 4 is 5.97 Å². The standard InChI is InChI=1S/C25H28N8O4/c1-3-19-18(16-7-10-36-17(11-16)12-24(34)35)5-6-20(29-19)25-21(32(2)31-30-25)14-37-23-13-22(26-15-27-23)33-9-4-8-28-33/h4-6,8-9,13,15-17H,3,7,10-12,14H2,1-2H3,(H,34,35). The van der Waals surface area contributed by atoms with Gasteiger partial charge >= 0.3 is 5.97 Å². The lowest BCUT2D eigenvalue weighted by Gasteiger charge is -2.30. The first-order chi connectivity index (χ1) is 18.0. The second kappa shape index (κ2) is 10.8. The highest BCUT2D eigenvalue weighted by Gasteiger charge is 2.28. The third kappa shape index (κ3) is 5.48. The van der Waals surface area contributed by atoms with Gasteiger partial charge in [0.15, 0.2) is 5.82 Å². The summed E-state index contributed by atoms with van der Waals surface area (Å²) in [5, 5.41) is 21.9. The molecule has 1 aliphatic heterocycles. The van der Waals surface area contributed by atoms with Crippen molar-refractivity contribution in [3.8, 4) is 23.1 Å². The Labute approximate surface area is 213 Å². The topological polar surface area (TPSA) is 143 Å². The van der Waals surface area contributed by atoms with Crippen LogP contribution in [0.25, 0.3) is 17.2 Å². The van der Waals surface area contributed by atoms with Crippen LogP contribution in [0.2, 0.25) is 0 Å². The molecule has 0 aromatic carbocycles. The average Bonchev–Trinajstić information content (AvgIpc) is 3.57. The van der Waals surface area contributed by atoms with Gasteiger partial charge in [0.2, 0.25) is 5.88 Å². The van der Waals surface area contributed by atoms with Crippen LogP contribution >= 0.6 is 0 Å². The summed E-state index contributed by atoms with van der Waals surface area (Å²) in [7, 11) is 1.81. The Morgan fingerprint density at radius 1 is 1.30 bits per heavy atom. The van der Waals surface area contributed by atoms with Crippen molar-refractivity contribution in [3.05, 3.63) is 59.9 Å². The van der Waals surface area contributed by atoms with E-state index in [0.29, 0.717) is 36.1 Å². The lowest BCUT2D eigenvalue weighted by molar-refractivity contribution is -0.141. The summed E-state index contributed by atoms with van der Waals surface area (Å²) in [4.78, 5) is 24.5. The zero-order valence-corrected chi connectivity index (χ0v) is 20.7. The van der Waals surface area contributed by atoms with Gasteiger partial charge in [-0.2, -0.15) is 5.10 Å². The molecule has 1 N–H and O–H groups in total. The summed E-state index contributed by atoms with van der Waals surface area (Å²) in [6, 6.07) is 7.55. The highest BCUT2D eigenvalue weighted by molar-refractivity contribution is 5.67. The number of pyridine rings is 1. The van der Waals surface area contributed by atoms with E-state index >= 15 is 0 Å². The molecule has 0 aliphatic carbocycles. The van der Waals surface area contributed by atoms with Crippen LogP contribution < -0.4 is 4.74 Å². The number of hydrogen-bond donors (Lipinski definition) is 1. The Kier molecular flexibility index (Phi) is 7.17. The molecule has 12 heteroatoms. The monoisotopic (exact) mass is 504 g/mol. The Morgan fingerprint density at radius 3 is 2.97 bits per heavy atom. The molecular weight excluding hydrogens is 476 g/mol. The normalized spacial score (nSPS) is 17.6. The van der Waals surface area contributed by atoms with Crippen LogP contribution in [0, 0.1) is 0 Å². The molecule has 0 amide bonds. The van der Waals surface area contributed by atoms with E-state index in [1.165, 1.54) is 6.33 Å². The molecule has 0 bridgehead atoms. The molecule has 5 rings (SSSR count). The summed E-state index contributed by atoms with van der Waals surface area (Å²) < 4.78 is 14.9. The second-order valence-electron chi connectivity index (χ2n) is 8.86. The van der Waals surface area contributed by atoms with Gasteiger partial charge in [-0.05, 0) is 42.9 Å². The number of aromatic nitrogens is 8. The van der Waals surface area contributed by atoms with Gasteiger partial charge in [0.05, 0.1) is 18.2 Å². The minimum Gasteiger partial charge on any atom is -0.481 e. The summed E-state index contributed by atoms with van der Waals surface area (Å²) in [6.07, 6.45) is 6.89. The van der Waals surface area contributed by atoms with Crippen LogP contribution in [0.1, 0.15) is 49.1 Å². The lowest BCUT2D eigenvalue weighted by atomic mass is 9.86. The Balaban J connectivity index is 1.35. The summed E-state index contributed by atoms with van der Waals surface area (Å²) in [5.41, 5.74) is 4.21. The largest absolute Gasteiger partial charge is 0.481 e. The minimum atomic E-state index is -0.841. The van der Waals surface area contributed by atoms with Gasteiger partial charge in [-0.15, -0.1) is 5.10 Å². The Hall–Kier alpha value is -4.19. The summed E-state index contributed by atoms with van der Waals surface area (Å²) in [6.45, 7) is 2.80. The van der Waals surface area contributed by atoms with Crippen LogP contribution in [0.4, 0.5) is 0 Å². The maximum absolute atomic E-state index is 11.2. The van der Waals surface area contributed by atoms with E-state index in [9.17, 15) is 4.79 Å². The van der Waals surface area contributed by atoms with Crippen molar-refractivity contribution in [1.29, 1.82) is 0 Å². The van der Waals surface area contributed by atoms with Crippen molar-refractivity contribution in [2.45, 2.75) is 51.2 Å². The summed E-state index contributed by atoms with van der Waals surface area (Å²) in [5.74, 6) is 0.371. The van der Waals surface area contributed by atoms with E-state index < -0.39 is 5.97 Å². The van der Waals surface area contributed by atoms with Gasteiger partial charge in [-0.1, -0.05) is 18.2 Å². The number of aliphatic carboxylic acids is 1. The predicted molar refractivity (Wildman–Crippen MR) is 131 cm³/mol. The molecule has 4 aromatic heterocycles. The fraction of sp³-hybridized carbons (Fsp3) is 0.400. The zero-order chi connectivity index (χ0) is 25.8. The van der Waals surface area contributed by atoms with Crippen molar-refractivity contribution in [3.63, 3.8) is 0 Å². The first kappa shape index (κ1) is 24.5. The van der Waals surface area contributed by atoms with Crippen molar-refractivity contribution < 1.29 is 19.4 Å².